The average Bonchev–Trinajstić information content (AvgIpc) is 2.24. The van der Waals surface area contributed by atoms with Crippen LogP contribution in [-0.2, 0) is 15.1 Å². The van der Waals surface area contributed by atoms with E-state index in [1.807, 2.05) is 18.2 Å². The minimum atomic E-state index is -0.559. The molecule has 1 atom stereocenters. The van der Waals surface area contributed by atoms with Crippen LogP contribution < -0.4 is 4.74 Å². The Morgan fingerprint density at radius 2 is 2.07 bits per heavy atom. The summed E-state index contributed by atoms with van der Waals surface area (Å²) in [4.78, 5) is 0. The Balaban J connectivity index is 2.41. The highest BCUT2D eigenvalue weighted by atomic mass is 16.5. The fourth-order valence-corrected chi connectivity index (χ4v) is 1.96. The lowest BCUT2D eigenvalue weighted by Crippen LogP contribution is -2.43. The molecule has 0 bridgehead atoms. The summed E-state index contributed by atoms with van der Waals surface area (Å²) < 4.78 is 15.9. The summed E-state index contributed by atoms with van der Waals surface area (Å²) in [5.41, 5.74) is 1.50. The maximum Gasteiger partial charge on any atom is 0.131 e. The van der Waals surface area contributed by atoms with Crippen molar-refractivity contribution in [2.45, 2.75) is 5.60 Å². The van der Waals surface area contributed by atoms with Crippen molar-refractivity contribution in [1.29, 1.82) is 0 Å². The minimum Gasteiger partial charge on any atom is -0.496 e. The molecule has 0 fully saturated rings. The fraction of sp³-hybridized carbons (Fsp3) is 0.417. The smallest absolute Gasteiger partial charge is 0.131 e. The van der Waals surface area contributed by atoms with E-state index in [-0.39, 0.29) is 0 Å². The molecule has 3 heteroatoms. The quantitative estimate of drug-likeness (QED) is 0.749. The van der Waals surface area contributed by atoms with Gasteiger partial charge in [-0.1, -0.05) is 12.1 Å². The predicted molar refractivity (Wildman–Crippen MR) is 55.9 cm³/mol. The van der Waals surface area contributed by atoms with E-state index in [1.165, 1.54) is 0 Å². The standard InChI is InChI=1S/C12H14O3/c1-13-8-12(15-3)7-9-5-4-6-10(14-2)11(9)12/h4-6H,8H2,1-3H3. The molecule has 0 amide bonds. The molecule has 2 rings (SSSR count). The highest BCUT2D eigenvalue weighted by molar-refractivity contribution is 5.59. The van der Waals surface area contributed by atoms with Gasteiger partial charge in [0.2, 0.25) is 0 Å². The Labute approximate surface area is 90.0 Å². The number of ether oxygens (including phenoxy) is 3. The molecule has 0 saturated carbocycles. The predicted octanol–water partition coefficient (Wildman–Crippen LogP) is 1.63. The second kappa shape index (κ2) is 3.83. The third kappa shape index (κ3) is 1.43. The zero-order chi connectivity index (χ0) is 10.9. The molecule has 80 valence electrons. The summed E-state index contributed by atoms with van der Waals surface area (Å²) in [7, 11) is 4.96. The van der Waals surface area contributed by atoms with Gasteiger partial charge < -0.3 is 14.2 Å². The van der Waals surface area contributed by atoms with Gasteiger partial charge in [-0.3, -0.25) is 0 Å². The first kappa shape index (κ1) is 10.5. The van der Waals surface area contributed by atoms with Crippen LogP contribution >= 0.6 is 0 Å². The van der Waals surface area contributed by atoms with Crippen LogP contribution in [0, 0.1) is 6.42 Å². The normalized spacial score (nSPS) is 23.1. The molecule has 1 unspecified atom stereocenters. The summed E-state index contributed by atoms with van der Waals surface area (Å²) >= 11 is 0. The number of methoxy groups -OCH3 is 3. The zero-order valence-electron chi connectivity index (χ0n) is 9.16. The van der Waals surface area contributed by atoms with E-state index in [0.29, 0.717) is 6.61 Å². The van der Waals surface area contributed by atoms with Gasteiger partial charge >= 0.3 is 0 Å². The van der Waals surface area contributed by atoms with E-state index in [0.717, 1.165) is 16.9 Å². The van der Waals surface area contributed by atoms with E-state index in [9.17, 15) is 0 Å². The first-order valence-electron chi connectivity index (χ1n) is 4.77. The van der Waals surface area contributed by atoms with E-state index in [2.05, 4.69) is 6.42 Å². The zero-order valence-corrected chi connectivity index (χ0v) is 9.16. The number of rotatable bonds is 4. The third-order valence-corrected chi connectivity index (χ3v) is 2.68. The van der Waals surface area contributed by atoms with Gasteiger partial charge in [0.25, 0.3) is 0 Å². The average molecular weight is 206 g/mol. The van der Waals surface area contributed by atoms with Crippen LogP contribution in [0.25, 0.3) is 0 Å². The largest absolute Gasteiger partial charge is 0.496 e. The van der Waals surface area contributed by atoms with Crippen LogP contribution in [0.15, 0.2) is 18.2 Å². The molecule has 1 aliphatic rings. The summed E-state index contributed by atoms with van der Waals surface area (Å²) in [6, 6.07) is 5.85. The number of hydrogen-bond acceptors (Lipinski definition) is 3. The van der Waals surface area contributed by atoms with E-state index in [1.54, 1.807) is 21.3 Å². The van der Waals surface area contributed by atoms with Gasteiger partial charge in [-0.15, -0.1) is 0 Å². The molecule has 0 N–H and O–H groups in total. The van der Waals surface area contributed by atoms with Gasteiger partial charge in [0, 0.05) is 19.8 Å². The molecule has 1 aromatic rings. The molecule has 1 aromatic carbocycles. The molecule has 0 aromatic heterocycles. The van der Waals surface area contributed by atoms with Gasteiger partial charge in [-0.25, -0.2) is 0 Å². The van der Waals surface area contributed by atoms with Gasteiger partial charge in [0.15, 0.2) is 0 Å². The molecule has 0 saturated heterocycles. The Morgan fingerprint density at radius 1 is 1.27 bits per heavy atom. The molecular formula is C12H14O3. The minimum absolute atomic E-state index is 0.455. The van der Waals surface area contributed by atoms with Crippen LogP contribution in [0.2, 0.25) is 0 Å². The monoisotopic (exact) mass is 206 g/mol. The van der Waals surface area contributed by atoms with Crippen LogP contribution in [-0.4, -0.2) is 27.9 Å². The number of benzene rings is 1. The Bertz CT molecular complexity index is 362. The lowest BCUT2D eigenvalue weighted by molar-refractivity contribution is -0.0563. The number of fused-ring (bicyclic) bond motifs is 1. The topological polar surface area (TPSA) is 27.7 Å². The molecule has 15 heavy (non-hydrogen) atoms. The van der Waals surface area contributed by atoms with Gasteiger partial charge in [-0.2, -0.15) is 0 Å². The maximum atomic E-state index is 5.47. The molecule has 0 aliphatic heterocycles. The second-order valence-electron chi connectivity index (χ2n) is 3.47. The lowest BCUT2D eigenvalue weighted by atomic mass is 9.73. The van der Waals surface area contributed by atoms with Crippen molar-refractivity contribution >= 4 is 0 Å². The van der Waals surface area contributed by atoms with E-state index >= 15 is 0 Å². The highest BCUT2D eigenvalue weighted by Crippen LogP contribution is 2.48. The van der Waals surface area contributed by atoms with E-state index < -0.39 is 5.60 Å². The van der Waals surface area contributed by atoms with Crippen molar-refractivity contribution in [3.8, 4) is 5.75 Å². The van der Waals surface area contributed by atoms with Crippen molar-refractivity contribution in [3.05, 3.63) is 35.7 Å². The summed E-state index contributed by atoms with van der Waals surface area (Å²) in [5, 5.41) is 0. The molecule has 2 radical (unpaired) electrons. The first-order chi connectivity index (χ1) is 7.27. The highest BCUT2D eigenvalue weighted by Gasteiger charge is 2.46. The second-order valence-corrected chi connectivity index (χ2v) is 3.47. The Kier molecular flexibility index (Phi) is 2.67. The van der Waals surface area contributed by atoms with Crippen molar-refractivity contribution in [2.75, 3.05) is 27.9 Å². The molecule has 0 spiro atoms. The first-order valence-corrected chi connectivity index (χ1v) is 4.77. The number of hydrogen-bond donors (Lipinski definition) is 0. The lowest BCUT2D eigenvalue weighted by Gasteiger charge is -2.42. The third-order valence-electron chi connectivity index (χ3n) is 2.68. The van der Waals surface area contributed by atoms with Gasteiger partial charge in [-0.05, 0) is 11.6 Å². The summed E-state index contributed by atoms with van der Waals surface area (Å²) in [5.74, 6) is 0.824. The Hall–Kier alpha value is -1.06. The molecule has 1 aliphatic carbocycles. The van der Waals surface area contributed by atoms with Crippen LogP contribution in [0.3, 0.4) is 0 Å². The van der Waals surface area contributed by atoms with Crippen LogP contribution in [0.1, 0.15) is 11.1 Å². The SMILES string of the molecule is COCC1(OC)[C]c2cccc(OC)c21. The van der Waals surface area contributed by atoms with Crippen molar-refractivity contribution in [3.63, 3.8) is 0 Å². The van der Waals surface area contributed by atoms with Gasteiger partial charge in [0.1, 0.15) is 11.4 Å². The van der Waals surface area contributed by atoms with Gasteiger partial charge in [0.05, 0.1) is 20.1 Å². The molecule has 3 nitrogen and oxygen atoms in total. The molecular weight excluding hydrogens is 192 g/mol. The van der Waals surface area contributed by atoms with Crippen LogP contribution in [0.5, 0.6) is 5.75 Å². The molecule has 0 heterocycles. The maximum absolute atomic E-state index is 5.47. The van der Waals surface area contributed by atoms with Crippen molar-refractivity contribution in [1.82, 2.24) is 0 Å². The fourth-order valence-electron chi connectivity index (χ4n) is 1.96. The Morgan fingerprint density at radius 3 is 2.67 bits per heavy atom. The van der Waals surface area contributed by atoms with E-state index in [4.69, 9.17) is 14.2 Å². The summed E-state index contributed by atoms with van der Waals surface area (Å²) in [6.45, 7) is 0.455. The van der Waals surface area contributed by atoms with Crippen LogP contribution in [0.4, 0.5) is 0 Å². The summed E-state index contributed by atoms with van der Waals surface area (Å²) in [6.07, 6.45) is 3.23. The van der Waals surface area contributed by atoms with Crippen molar-refractivity contribution < 1.29 is 14.2 Å². The van der Waals surface area contributed by atoms with Crippen molar-refractivity contribution in [2.24, 2.45) is 0 Å².